The molecule has 1 aromatic rings. The number of hydrogen-bond donors (Lipinski definition) is 4. The molecule has 1 amide bonds. The van der Waals surface area contributed by atoms with E-state index in [1.807, 2.05) is 18.4 Å². The first-order valence-electron chi connectivity index (χ1n) is 9.01. The Bertz CT molecular complexity index is 894. The number of aliphatic hydroxyl groups is 2. The van der Waals surface area contributed by atoms with Crippen LogP contribution in [0.4, 0.5) is 0 Å². The molecule has 0 radical (unpaired) electrons. The van der Waals surface area contributed by atoms with E-state index < -0.39 is 18.0 Å². The number of amides is 1. The lowest BCUT2D eigenvalue weighted by molar-refractivity contribution is -0.163. The zero-order valence-electron chi connectivity index (χ0n) is 15.3. The molecule has 1 unspecified atom stereocenters. The maximum absolute atomic E-state index is 12.4. The number of carbonyl (C=O) groups is 2. The lowest BCUT2D eigenvalue weighted by Crippen LogP contribution is -2.63. The number of rotatable bonds is 6. The standard InChI is InChI=1S/C18H21N3O5S2/c1-7-13-12(8(2)23)16(24)21(13)14(17(25)26)15(7)28-18-20-11(6-27-18)9-3-4-19-10(9)5-22/h3,6-8,10,12-13,19,22-23H,4-5H2,1-2H3,(H,25,26)/t7-,8-,10+,12-,13?/m1/s1. The third-order valence-corrected chi connectivity index (χ3v) is 7.76. The number of carbonyl (C=O) groups excluding carboxylic acids is 1. The molecule has 28 heavy (non-hydrogen) atoms. The smallest absolute Gasteiger partial charge is 0.353 e. The van der Waals surface area contributed by atoms with Crippen molar-refractivity contribution in [3.05, 3.63) is 27.8 Å². The monoisotopic (exact) mass is 423 g/mol. The molecule has 4 N–H and O–H groups in total. The fourth-order valence-corrected chi connectivity index (χ4v) is 6.30. The summed E-state index contributed by atoms with van der Waals surface area (Å²) in [6.45, 7) is 4.10. The van der Waals surface area contributed by atoms with Crippen LogP contribution in [0.5, 0.6) is 0 Å². The fraction of sp³-hybridized carbons (Fsp3) is 0.500. The molecule has 8 nitrogen and oxygen atoms in total. The van der Waals surface area contributed by atoms with Crippen molar-refractivity contribution in [1.29, 1.82) is 0 Å². The predicted octanol–water partition coefficient (Wildman–Crippen LogP) is 0.736. The second-order valence-corrected chi connectivity index (χ2v) is 9.32. The summed E-state index contributed by atoms with van der Waals surface area (Å²) in [5.41, 5.74) is 1.70. The van der Waals surface area contributed by atoms with Crippen LogP contribution in [-0.2, 0) is 9.59 Å². The molecule has 10 heteroatoms. The molecule has 4 rings (SSSR count). The minimum atomic E-state index is -1.14. The average molecular weight is 424 g/mol. The Morgan fingerprint density at radius 2 is 2.29 bits per heavy atom. The van der Waals surface area contributed by atoms with Gasteiger partial charge in [0.25, 0.3) is 0 Å². The van der Waals surface area contributed by atoms with Gasteiger partial charge in [0.1, 0.15) is 5.70 Å². The summed E-state index contributed by atoms with van der Waals surface area (Å²) in [4.78, 5) is 30.8. The number of β-lactam (4-membered cyclic amide) rings is 1. The highest BCUT2D eigenvalue weighted by molar-refractivity contribution is 8.04. The van der Waals surface area contributed by atoms with Gasteiger partial charge in [-0.2, -0.15) is 0 Å². The van der Waals surface area contributed by atoms with Crippen LogP contribution in [0.15, 0.2) is 26.4 Å². The van der Waals surface area contributed by atoms with Crippen molar-refractivity contribution in [3.63, 3.8) is 0 Å². The summed E-state index contributed by atoms with van der Waals surface area (Å²) in [5.74, 6) is -2.26. The Hall–Kier alpha value is -1.72. The van der Waals surface area contributed by atoms with Crippen molar-refractivity contribution >= 4 is 40.5 Å². The zero-order valence-corrected chi connectivity index (χ0v) is 17.0. The van der Waals surface area contributed by atoms with Crippen LogP contribution in [0.2, 0.25) is 0 Å². The summed E-state index contributed by atoms with van der Waals surface area (Å²) in [6, 6.07) is -0.480. The van der Waals surface area contributed by atoms with E-state index >= 15 is 0 Å². The highest BCUT2D eigenvalue weighted by atomic mass is 32.2. The molecule has 0 saturated carbocycles. The van der Waals surface area contributed by atoms with Crippen molar-refractivity contribution < 1.29 is 24.9 Å². The third-order valence-electron chi connectivity index (χ3n) is 5.53. The molecule has 1 aromatic heterocycles. The Morgan fingerprint density at radius 1 is 1.54 bits per heavy atom. The topological polar surface area (TPSA) is 123 Å². The highest BCUT2D eigenvalue weighted by Crippen LogP contribution is 2.52. The number of carboxylic acids is 1. The zero-order chi connectivity index (χ0) is 20.2. The number of fused-ring (bicyclic) bond motifs is 1. The van der Waals surface area contributed by atoms with E-state index in [0.29, 0.717) is 15.8 Å². The van der Waals surface area contributed by atoms with Crippen LogP contribution in [0.3, 0.4) is 0 Å². The molecule has 0 aliphatic carbocycles. The summed E-state index contributed by atoms with van der Waals surface area (Å²) in [7, 11) is 0. The first-order chi connectivity index (χ1) is 13.3. The molecule has 150 valence electrons. The minimum absolute atomic E-state index is 0.00358. The van der Waals surface area contributed by atoms with E-state index in [1.165, 1.54) is 28.0 Å². The lowest BCUT2D eigenvalue weighted by Gasteiger charge is -2.46. The van der Waals surface area contributed by atoms with E-state index in [2.05, 4.69) is 10.3 Å². The van der Waals surface area contributed by atoms with Crippen molar-refractivity contribution in [3.8, 4) is 0 Å². The number of aromatic nitrogens is 1. The number of thioether (sulfide) groups is 1. The normalized spacial score (nSPS) is 30.4. The van der Waals surface area contributed by atoms with Gasteiger partial charge in [-0.1, -0.05) is 24.8 Å². The van der Waals surface area contributed by atoms with Gasteiger partial charge >= 0.3 is 5.97 Å². The summed E-state index contributed by atoms with van der Waals surface area (Å²) in [5, 5.41) is 34.1. The van der Waals surface area contributed by atoms with E-state index in [-0.39, 0.29) is 36.2 Å². The third kappa shape index (κ3) is 2.91. The van der Waals surface area contributed by atoms with Gasteiger partial charge in [-0.3, -0.25) is 4.79 Å². The van der Waals surface area contributed by atoms with Crippen molar-refractivity contribution in [2.24, 2.45) is 11.8 Å². The average Bonchev–Trinajstić information content (AvgIpc) is 3.33. The second kappa shape index (κ2) is 7.27. The Labute approximate surface area is 170 Å². The van der Waals surface area contributed by atoms with Gasteiger partial charge in [-0.25, -0.2) is 9.78 Å². The Kier molecular flexibility index (Phi) is 5.09. The molecule has 1 saturated heterocycles. The van der Waals surface area contributed by atoms with Crippen LogP contribution in [0.25, 0.3) is 5.57 Å². The van der Waals surface area contributed by atoms with Crippen LogP contribution in [0.1, 0.15) is 19.5 Å². The molecule has 0 aromatic carbocycles. The van der Waals surface area contributed by atoms with Crippen LogP contribution < -0.4 is 5.32 Å². The van der Waals surface area contributed by atoms with Gasteiger partial charge < -0.3 is 25.5 Å². The largest absolute Gasteiger partial charge is 0.477 e. The second-order valence-electron chi connectivity index (χ2n) is 7.18. The van der Waals surface area contributed by atoms with Crippen molar-refractivity contribution in [2.45, 2.75) is 36.4 Å². The lowest BCUT2D eigenvalue weighted by atomic mass is 9.79. The van der Waals surface area contributed by atoms with Crippen LogP contribution >= 0.6 is 23.1 Å². The van der Waals surface area contributed by atoms with Gasteiger partial charge in [-0.15, -0.1) is 11.3 Å². The molecular weight excluding hydrogens is 402 g/mol. The van der Waals surface area contributed by atoms with E-state index in [4.69, 9.17) is 0 Å². The van der Waals surface area contributed by atoms with E-state index in [9.17, 15) is 24.9 Å². The van der Waals surface area contributed by atoms with Crippen molar-refractivity contribution in [2.75, 3.05) is 13.2 Å². The van der Waals surface area contributed by atoms with E-state index in [1.54, 1.807) is 6.92 Å². The number of thiazole rings is 1. The summed E-state index contributed by atoms with van der Waals surface area (Å²) in [6.07, 6.45) is 1.17. The molecule has 3 aliphatic rings. The molecule has 4 heterocycles. The molecule has 0 spiro atoms. The van der Waals surface area contributed by atoms with Gasteiger partial charge in [0.15, 0.2) is 4.34 Å². The number of hydrogen-bond acceptors (Lipinski definition) is 8. The Morgan fingerprint density at radius 3 is 2.93 bits per heavy atom. The summed E-state index contributed by atoms with van der Waals surface area (Å²) >= 11 is 2.67. The highest BCUT2D eigenvalue weighted by Gasteiger charge is 2.60. The number of carboxylic acid groups (broad SMARTS) is 1. The summed E-state index contributed by atoms with van der Waals surface area (Å²) < 4.78 is 0.684. The number of aliphatic carboxylic acids is 1. The van der Waals surface area contributed by atoms with Gasteiger partial charge in [0.2, 0.25) is 5.91 Å². The van der Waals surface area contributed by atoms with Crippen LogP contribution in [-0.4, -0.2) is 68.4 Å². The molecule has 0 bridgehead atoms. The number of nitrogens with zero attached hydrogens (tertiary/aromatic N) is 2. The SMILES string of the molecule is C[C@H]1C(Sc2nc(C3=CCN[C@H]3CO)cs2)=C(C(=O)O)N2C(=O)[C@H]([C@@H](C)O)C12. The molecular formula is C18H21N3O5S2. The quantitative estimate of drug-likeness (QED) is 0.494. The number of aliphatic hydroxyl groups excluding tert-OH is 2. The maximum Gasteiger partial charge on any atom is 0.353 e. The maximum atomic E-state index is 12.4. The molecule has 1 fully saturated rings. The van der Waals surface area contributed by atoms with E-state index in [0.717, 1.165) is 11.3 Å². The number of nitrogens with one attached hydrogen (secondary N) is 1. The molecule has 5 atom stereocenters. The Balaban J connectivity index is 1.61. The van der Waals surface area contributed by atoms with Gasteiger partial charge in [-0.05, 0) is 12.5 Å². The van der Waals surface area contributed by atoms with Crippen molar-refractivity contribution in [1.82, 2.24) is 15.2 Å². The van der Waals surface area contributed by atoms with Gasteiger partial charge in [0, 0.05) is 22.7 Å². The first-order valence-corrected chi connectivity index (χ1v) is 10.7. The van der Waals surface area contributed by atoms with Crippen LogP contribution in [0, 0.1) is 11.8 Å². The molecule has 3 aliphatic heterocycles. The minimum Gasteiger partial charge on any atom is -0.477 e. The predicted molar refractivity (Wildman–Crippen MR) is 104 cm³/mol. The first kappa shape index (κ1) is 19.6. The fourth-order valence-electron chi connectivity index (χ4n) is 4.20. The van der Waals surface area contributed by atoms with Gasteiger partial charge in [0.05, 0.1) is 36.4 Å².